The molecular formula is C25H18BrF3. The Morgan fingerprint density at radius 2 is 1.55 bits per heavy atom. The maximum Gasteiger partial charge on any atom is 0.416 e. The Morgan fingerprint density at radius 3 is 2.34 bits per heavy atom. The van der Waals surface area contributed by atoms with Crippen molar-refractivity contribution in [3.05, 3.63) is 93.5 Å². The van der Waals surface area contributed by atoms with Gasteiger partial charge in [-0.1, -0.05) is 70.5 Å². The fourth-order valence-electron chi connectivity index (χ4n) is 4.72. The predicted molar refractivity (Wildman–Crippen MR) is 115 cm³/mol. The quantitative estimate of drug-likeness (QED) is 0.254. The number of benzene rings is 4. The van der Waals surface area contributed by atoms with Crippen molar-refractivity contribution in [1.82, 2.24) is 0 Å². The summed E-state index contributed by atoms with van der Waals surface area (Å²) in [6.45, 7) is 0. The van der Waals surface area contributed by atoms with E-state index in [-0.39, 0.29) is 5.92 Å². The van der Waals surface area contributed by atoms with Crippen LogP contribution in [0, 0.1) is 0 Å². The highest BCUT2D eigenvalue weighted by Crippen LogP contribution is 2.44. The minimum atomic E-state index is -4.33. The van der Waals surface area contributed by atoms with E-state index in [0.29, 0.717) is 4.47 Å². The summed E-state index contributed by atoms with van der Waals surface area (Å²) in [5.41, 5.74) is 2.88. The maximum absolute atomic E-state index is 13.1. The predicted octanol–water partition coefficient (Wildman–Crippen LogP) is 8.24. The molecule has 0 aliphatic heterocycles. The van der Waals surface area contributed by atoms with E-state index in [0.717, 1.165) is 24.8 Å². The van der Waals surface area contributed by atoms with E-state index in [1.807, 2.05) is 6.07 Å². The molecule has 1 atom stereocenters. The van der Waals surface area contributed by atoms with Crippen LogP contribution in [0.4, 0.5) is 13.2 Å². The third kappa shape index (κ3) is 3.14. The molecule has 5 rings (SSSR count). The van der Waals surface area contributed by atoms with Crippen molar-refractivity contribution in [3.8, 4) is 0 Å². The van der Waals surface area contributed by atoms with Crippen molar-refractivity contribution in [2.75, 3.05) is 0 Å². The van der Waals surface area contributed by atoms with Crippen LogP contribution in [0.5, 0.6) is 0 Å². The van der Waals surface area contributed by atoms with Crippen molar-refractivity contribution in [2.45, 2.75) is 31.4 Å². The second-order valence-electron chi connectivity index (χ2n) is 7.69. The molecule has 4 aromatic carbocycles. The van der Waals surface area contributed by atoms with E-state index < -0.39 is 11.7 Å². The Labute approximate surface area is 175 Å². The Bertz CT molecular complexity index is 1240. The Morgan fingerprint density at radius 1 is 0.793 bits per heavy atom. The number of fused-ring (bicyclic) bond motifs is 5. The summed E-state index contributed by atoms with van der Waals surface area (Å²) < 4.78 is 39.7. The van der Waals surface area contributed by atoms with Crippen LogP contribution in [0.25, 0.3) is 21.5 Å². The molecule has 0 bridgehead atoms. The van der Waals surface area contributed by atoms with Crippen molar-refractivity contribution in [2.24, 2.45) is 0 Å². The summed E-state index contributed by atoms with van der Waals surface area (Å²) in [6, 6.07) is 21.1. The van der Waals surface area contributed by atoms with Gasteiger partial charge in [-0.05, 0) is 69.6 Å². The van der Waals surface area contributed by atoms with Crippen molar-refractivity contribution in [3.63, 3.8) is 0 Å². The zero-order valence-electron chi connectivity index (χ0n) is 15.6. The molecule has 0 aromatic heterocycles. The van der Waals surface area contributed by atoms with Crippen LogP contribution in [0.3, 0.4) is 0 Å². The van der Waals surface area contributed by atoms with E-state index in [1.165, 1.54) is 44.8 Å². The lowest BCUT2D eigenvalue weighted by Crippen LogP contribution is -2.13. The molecule has 1 aliphatic carbocycles. The van der Waals surface area contributed by atoms with Gasteiger partial charge in [-0.2, -0.15) is 13.2 Å². The summed E-state index contributed by atoms with van der Waals surface area (Å²) in [7, 11) is 0. The number of hydrogen-bond acceptors (Lipinski definition) is 0. The molecule has 0 amide bonds. The molecule has 4 aromatic rings. The van der Waals surface area contributed by atoms with Crippen LogP contribution in [-0.4, -0.2) is 0 Å². The average molecular weight is 455 g/mol. The second-order valence-corrected chi connectivity index (χ2v) is 8.55. The van der Waals surface area contributed by atoms with E-state index in [4.69, 9.17) is 0 Å². The normalized spacial score (nSPS) is 16.9. The molecule has 0 saturated heterocycles. The van der Waals surface area contributed by atoms with E-state index >= 15 is 0 Å². The van der Waals surface area contributed by atoms with Crippen molar-refractivity contribution >= 4 is 37.5 Å². The smallest absolute Gasteiger partial charge is 0.166 e. The molecule has 0 nitrogen and oxygen atoms in total. The minimum Gasteiger partial charge on any atom is -0.166 e. The van der Waals surface area contributed by atoms with Crippen molar-refractivity contribution in [1.29, 1.82) is 0 Å². The standard InChI is InChI=1S/C25H18BrF3/c26-24-14-16(25(27,28)29)9-11-23(24)19-7-3-6-18-21-10-8-15-4-1-2-5-17(15)20(21)12-13-22(18)19/h1-2,4-5,8-14,19H,3,6-7H2. The largest absolute Gasteiger partial charge is 0.416 e. The molecule has 1 unspecified atom stereocenters. The highest BCUT2D eigenvalue weighted by molar-refractivity contribution is 9.10. The Kier molecular flexibility index (Phi) is 4.43. The van der Waals surface area contributed by atoms with Gasteiger partial charge in [0.1, 0.15) is 0 Å². The zero-order chi connectivity index (χ0) is 20.2. The summed E-state index contributed by atoms with van der Waals surface area (Å²) in [5.74, 6) is 0.103. The lowest BCUT2D eigenvalue weighted by Gasteiger charge is -2.28. The summed E-state index contributed by atoms with van der Waals surface area (Å²) >= 11 is 3.41. The lowest BCUT2D eigenvalue weighted by atomic mass is 9.77. The lowest BCUT2D eigenvalue weighted by molar-refractivity contribution is -0.137. The van der Waals surface area contributed by atoms with Gasteiger partial charge in [0, 0.05) is 10.4 Å². The Balaban J connectivity index is 1.67. The van der Waals surface area contributed by atoms with Crippen LogP contribution >= 0.6 is 15.9 Å². The second kappa shape index (κ2) is 6.88. The van der Waals surface area contributed by atoms with Crippen LogP contribution in [0.1, 0.15) is 41.0 Å². The number of halogens is 4. The number of hydrogen-bond donors (Lipinski definition) is 0. The van der Waals surface area contributed by atoms with Crippen LogP contribution in [0.2, 0.25) is 0 Å². The molecular weight excluding hydrogens is 437 g/mol. The average Bonchev–Trinajstić information content (AvgIpc) is 2.72. The molecule has 1 aliphatic rings. The third-order valence-corrected chi connectivity index (χ3v) is 6.76. The first-order valence-electron chi connectivity index (χ1n) is 9.73. The zero-order valence-corrected chi connectivity index (χ0v) is 17.1. The number of aryl methyl sites for hydroxylation is 1. The van der Waals surface area contributed by atoms with Crippen molar-refractivity contribution < 1.29 is 13.2 Å². The maximum atomic E-state index is 13.1. The topological polar surface area (TPSA) is 0 Å². The van der Waals surface area contributed by atoms with Gasteiger partial charge in [-0.25, -0.2) is 0 Å². The van der Waals surface area contributed by atoms with Gasteiger partial charge >= 0.3 is 6.18 Å². The molecule has 0 N–H and O–H groups in total. The van der Waals surface area contributed by atoms with Gasteiger partial charge in [-0.15, -0.1) is 0 Å². The highest BCUT2D eigenvalue weighted by Gasteiger charge is 2.32. The first-order chi connectivity index (χ1) is 13.9. The molecule has 0 spiro atoms. The van der Waals surface area contributed by atoms with E-state index in [2.05, 4.69) is 58.4 Å². The van der Waals surface area contributed by atoms with Crippen LogP contribution in [0.15, 0.2) is 71.2 Å². The molecule has 0 fully saturated rings. The first kappa shape index (κ1) is 18.7. The molecule has 0 saturated carbocycles. The fourth-order valence-corrected chi connectivity index (χ4v) is 5.38. The summed E-state index contributed by atoms with van der Waals surface area (Å²) in [5, 5.41) is 4.96. The fraction of sp³-hybridized carbons (Fsp3) is 0.200. The van der Waals surface area contributed by atoms with Gasteiger partial charge in [0.05, 0.1) is 5.56 Å². The molecule has 29 heavy (non-hydrogen) atoms. The SMILES string of the molecule is FC(F)(F)c1ccc(C2CCCc3c2ccc2c3ccc3ccccc32)c(Br)c1. The van der Waals surface area contributed by atoms with E-state index in [9.17, 15) is 13.2 Å². The van der Waals surface area contributed by atoms with Crippen LogP contribution in [-0.2, 0) is 12.6 Å². The first-order valence-corrected chi connectivity index (χ1v) is 10.5. The molecule has 146 valence electrons. The van der Waals surface area contributed by atoms with Crippen LogP contribution < -0.4 is 0 Å². The molecule has 0 heterocycles. The third-order valence-electron chi connectivity index (χ3n) is 6.07. The summed E-state index contributed by atoms with van der Waals surface area (Å²) in [6.07, 6.45) is -1.37. The number of rotatable bonds is 1. The molecule has 0 radical (unpaired) electrons. The minimum absolute atomic E-state index is 0.103. The van der Waals surface area contributed by atoms with E-state index in [1.54, 1.807) is 6.07 Å². The summed E-state index contributed by atoms with van der Waals surface area (Å²) in [4.78, 5) is 0. The van der Waals surface area contributed by atoms with Gasteiger partial charge in [0.15, 0.2) is 0 Å². The monoisotopic (exact) mass is 454 g/mol. The van der Waals surface area contributed by atoms with Gasteiger partial charge in [0.2, 0.25) is 0 Å². The van der Waals surface area contributed by atoms with Gasteiger partial charge in [-0.3, -0.25) is 0 Å². The molecule has 4 heteroatoms. The van der Waals surface area contributed by atoms with Gasteiger partial charge in [0.25, 0.3) is 0 Å². The Hall–Kier alpha value is -2.33. The highest BCUT2D eigenvalue weighted by atomic mass is 79.9. The van der Waals surface area contributed by atoms with Gasteiger partial charge < -0.3 is 0 Å². The number of alkyl halides is 3.